The van der Waals surface area contributed by atoms with Crippen molar-refractivity contribution >= 4 is 29.4 Å². The first-order valence-electron chi connectivity index (χ1n) is 12.8. The van der Waals surface area contributed by atoms with Crippen molar-refractivity contribution in [2.45, 2.75) is 44.9 Å². The predicted octanol–water partition coefficient (Wildman–Crippen LogP) is 5.70. The first-order valence-corrected chi connectivity index (χ1v) is 13.8. The molecule has 2 aromatic heterocycles. The van der Waals surface area contributed by atoms with Crippen LogP contribution >= 0.6 is 11.8 Å². The van der Waals surface area contributed by atoms with Crippen molar-refractivity contribution in [1.82, 2.24) is 15.1 Å². The fourth-order valence-corrected chi connectivity index (χ4v) is 5.94. The molecule has 0 saturated heterocycles. The van der Waals surface area contributed by atoms with E-state index in [2.05, 4.69) is 38.2 Å². The Kier molecular flexibility index (Phi) is 7.36. The van der Waals surface area contributed by atoms with Gasteiger partial charge in [0.15, 0.2) is 0 Å². The molecule has 0 spiro atoms. The van der Waals surface area contributed by atoms with E-state index >= 15 is 0 Å². The van der Waals surface area contributed by atoms with Crippen LogP contribution in [0.5, 0.6) is 0 Å². The highest BCUT2D eigenvalue weighted by molar-refractivity contribution is 8.00. The Morgan fingerprint density at radius 2 is 1.95 bits per heavy atom. The van der Waals surface area contributed by atoms with Crippen LogP contribution in [0.2, 0.25) is 0 Å². The van der Waals surface area contributed by atoms with Gasteiger partial charge in [0.25, 0.3) is 0 Å². The van der Waals surface area contributed by atoms with E-state index in [1.807, 2.05) is 19.1 Å². The molecule has 7 nitrogen and oxygen atoms in total. The first kappa shape index (κ1) is 26.7. The van der Waals surface area contributed by atoms with Crippen LogP contribution in [0.1, 0.15) is 54.2 Å². The van der Waals surface area contributed by atoms with Crippen molar-refractivity contribution in [1.29, 1.82) is 0 Å². The summed E-state index contributed by atoms with van der Waals surface area (Å²) >= 11 is 1.52. The number of amides is 2. The van der Waals surface area contributed by atoms with Crippen LogP contribution in [0.3, 0.4) is 0 Å². The van der Waals surface area contributed by atoms with Gasteiger partial charge in [0.2, 0.25) is 11.8 Å². The standard InChI is InChI=1S/C30H31FN4O3S/c1-19-8-5-9-20(14-19)27-26-28(30(2,3)4)33-35(22-11-6-10-21(31)15-22)29(26)34(25(37)18-39-27)17-24(36)32-16-23-12-7-13-38-23/h5-15,27H,16-18H2,1-4H3,(H,32,36)/t27-/m1/s1. The molecule has 0 aliphatic carbocycles. The Balaban J connectivity index is 1.68. The van der Waals surface area contributed by atoms with Gasteiger partial charge in [-0.15, -0.1) is 11.8 Å². The highest BCUT2D eigenvalue weighted by Crippen LogP contribution is 2.48. The van der Waals surface area contributed by atoms with E-state index in [-0.39, 0.29) is 35.9 Å². The van der Waals surface area contributed by atoms with Gasteiger partial charge < -0.3 is 9.73 Å². The van der Waals surface area contributed by atoms with Crippen molar-refractivity contribution in [3.63, 3.8) is 0 Å². The highest BCUT2D eigenvalue weighted by atomic mass is 32.2. The molecule has 1 aliphatic heterocycles. The summed E-state index contributed by atoms with van der Waals surface area (Å²) in [6.45, 7) is 8.23. The topological polar surface area (TPSA) is 80.4 Å². The molecule has 2 amide bonds. The number of furan rings is 1. The van der Waals surface area contributed by atoms with E-state index < -0.39 is 11.2 Å². The van der Waals surface area contributed by atoms with Gasteiger partial charge in [0.1, 0.15) is 23.9 Å². The lowest BCUT2D eigenvalue weighted by Crippen LogP contribution is -2.42. The maximum absolute atomic E-state index is 14.4. The van der Waals surface area contributed by atoms with Gasteiger partial charge in [-0.1, -0.05) is 56.7 Å². The number of halogens is 1. The quantitative estimate of drug-likeness (QED) is 0.336. The van der Waals surface area contributed by atoms with Gasteiger partial charge in [-0.25, -0.2) is 9.07 Å². The van der Waals surface area contributed by atoms with Crippen LogP contribution in [0.15, 0.2) is 71.3 Å². The largest absolute Gasteiger partial charge is 0.467 e. The molecular weight excluding hydrogens is 515 g/mol. The van der Waals surface area contributed by atoms with Crippen molar-refractivity contribution in [2.75, 3.05) is 17.2 Å². The van der Waals surface area contributed by atoms with E-state index in [1.54, 1.807) is 35.2 Å². The SMILES string of the molecule is Cc1cccc([C@H]2SCC(=O)N(CC(=O)NCc3ccco3)c3c2c(C(C)(C)C)nn3-c2cccc(F)c2)c1. The second kappa shape index (κ2) is 10.7. The maximum atomic E-state index is 14.4. The van der Waals surface area contributed by atoms with Crippen LogP contribution in [0.4, 0.5) is 10.2 Å². The second-order valence-electron chi connectivity index (χ2n) is 10.7. The first-order chi connectivity index (χ1) is 18.6. The van der Waals surface area contributed by atoms with Crippen LogP contribution in [0, 0.1) is 12.7 Å². The zero-order valence-corrected chi connectivity index (χ0v) is 23.2. The number of carbonyl (C=O) groups excluding carboxylic acids is 2. The van der Waals surface area contributed by atoms with Crippen LogP contribution in [-0.2, 0) is 21.5 Å². The summed E-state index contributed by atoms with van der Waals surface area (Å²) in [5, 5.41) is 7.61. The fraction of sp³-hybridized carbons (Fsp3) is 0.300. The lowest BCUT2D eigenvalue weighted by atomic mass is 9.87. The Morgan fingerprint density at radius 3 is 2.64 bits per heavy atom. The number of hydrogen-bond donors (Lipinski definition) is 1. The lowest BCUT2D eigenvalue weighted by Gasteiger charge is -2.24. The van der Waals surface area contributed by atoms with E-state index in [0.717, 1.165) is 22.4 Å². The number of aromatic nitrogens is 2. The minimum Gasteiger partial charge on any atom is -0.467 e. The van der Waals surface area contributed by atoms with Gasteiger partial charge in [-0.3, -0.25) is 14.5 Å². The van der Waals surface area contributed by atoms with Crippen molar-refractivity contribution in [3.8, 4) is 5.69 Å². The van der Waals surface area contributed by atoms with Gasteiger partial charge in [-0.2, -0.15) is 5.10 Å². The number of aryl methyl sites for hydroxylation is 1. The minimum atomic E-state index is -0.415. The van der Waals surface area contributed by atoms with E-state index in [4.69, 9.17) is 9.52 Å². The molecule has 1 N–H and O–H groups in total. The summed E-state index contributed by atoms with van der Waals surface area (Å²) in [5.41, 5.74) is 3.87. The van der Waals surface area contributed by atoms with Crippen molar-refractivity contribution in [3.05, 3.63) is 101 Å². The lowest BCUT2D eigenvalue weighted by molar-refractivity contribution is -0.123. The molecular formula is C30H31FN4O3S. The van der Waals surface area contributed by atoms with Gasteiger partial charge in [0, 0.05) is 11.0 Å². The molecule has 0 fully saturated rings. The highest BCUT2D eigenvalue weighted by Gasteiger charge is 2.40. The average molecular weight is 547 g/mol. The molecule has 1 aliphatic rings. The Morgan fingerprint density at radius 1 is 1.15 bits per heavy atom. The van der Waals surface area contributed by atoms with Crippen LogP contribution in [0.25, 0.3) is 5.69 Å². The molecule has 5 rings (SSSR count). The summed E-state index contributed by atoms with van der Waals surface area (Å²) in [6, 6.07) is 17.8. The summed E-state index contributed by atoms with van der Waals surface area (Å²) in [5.74, 6) is 0.296. The molecule has 0 radical (unpaired) electrons. The zero-order chi connectivity index (χ0) is 27.7. The monoisotopic (exact) mass is 546 g/mol. The predicted molar refractivity (Wildman–Crippen MR) is 151 cm³/mol. The fourth-order valence-electron chi connectivity index (χ4n) is 4.76. The summed E-state index contributed by atoms with van der Waals surface area (Å²) in [7, 11) is 0. The Bertz CT molecular complexity index is 1510. The number of benzene rings is 2. The average Bonchev–Trinajstić information content (AvgIpc) is 3.52. The number of hydrogen-bond acceptors (Lipinski definition) is 5. The smallest absolute Gasteiger partial charge is 0.240 e. The number of nitrogens with zero attached hydrogens (tertiary/aromatic N) is 3. The zero-order valence-electron chi connectivity index (χ0n) is 22.4. The summed E-state index contributed by atoms with van der Waals surface area (Å²) < 4.78 is 21.4. The molecule has 0 unspecified atom stereocenters. The van der Waals surface area contributed by atoms with Crippen molar-refractivity contribution < 1.29 is 18.4 Å². The van der Waals surface area contributed by atoms with Gasteiger partial charge in [-0.05, 0) is 42.8 Å². The molecule has 0 bridgehead atoms. The minimum absolute atomic E-state index is 0.172. The van der Waals surface area contributed by atoms with Gasteiger partial charge >= 0.3 is 0 Å². The number of anilines is 1. The number of nitrogens with one attached hydrogen (secondary N) is 1. The molecule has 3 heterocycles. The maximum Gasteiger partial charge on any atom is 0.240 e. The van der Waals surface area contributed by atoms with E-state index in [0.29, 0.717) is 17.3 Å². The number of thioether (sulfide) groups is 1. The molecule has 202 valence electrons. The van der Waals surface area contributed by atoms with Crippen LogP contribution < -0.4 is 10.2 Å². The molecule has 4 aromatic rings. The summed E-state index contributed by atoms with van der Waals surface area (Å²) in [4.78, 5) is 28.3. The summed E-state index contributed by atoms with van der Waals surface area (Å²) in [6.07, 6.45) is 1.54. The third-order valence-electron chi connectivity index (χ3n) is 6.54. The molecule has 39 heavy (non-hydrogen) atoms. The van der Waals surface area contributed by atoms with E-state index in [9.17, 15) is 14.0 Å². The molecule has 1 atom stereocenters. The number of carbonyl (C=O) groups is 2. The van der Waals surface area contributed by atoms with Gasteiger partial charge in [0.05, 0.1) is 35.2 Å². The third-order valence-corrected chi connectivity index (χ3v) is 7.79. The van der Waals surface area contributed by atoms with E-state index in [1.165, 1.54) is 28.8 Å². The molecule has 2 aromatic carbocycles. The Labute approximate surface area is 231 Å². The molecule has 0 saturated carbocycles. The third kappa shape index (κ3) is 5.63. The Hall–Kier alpha value is -3.85. The second-order valence-corrected chi connectivity index (χ2v) is 11.8. The normalized spacial score (nSPS) is 15.7. The van der Waals surface area contributed by atoms with Crippen molar-refractivity contribution in [2.24, 2.45) is 0 Å². The molecule has 9 heteroatoms. The number of fused-ring (bicyclic) bond motifs is 1. The van der Waals surface area contributed by atoms with Crippen LogP contribution in [-0.4, -0.2) is 33.9 Å². The number of rotatable bonds is 6.